The zero-order chi connectivity index (χ0) is 29.9. The molecule has 1 aliphatic rings. The molecule has 0 amide bonds. The van der Waals surface area contributed by atoms with Gasteiger partial charge in [-0.15, -0.1) is 0 Å². The zero-order valence-corrected chi connectivity index (χ0v) is 24.3. The molecule has 1 unspecified atom stereocenters. The summed E-state index contributed by atoms with van der Waals surface area (Å²) in [5.41, 5.74) is 3.76. The SMILES string of the molecule is CC(=O)C1(O)O[C@H](COCc2ccccc2)[C@@H](OCc2ccccc2)[C@H](OCc2ccccc2)[C@@H]1OCc1ccccc1. The summed E-state index contributed by atoms with van der Waals surface area (Å²) in [6.07, 6.45) is -3.63. The Bertz CT molecular complexity index is 1380. The lowest BCUT2D eigenvalue weighted by atomic mass is 9.89. The van der Waals surface area contributed by atoms with Crippen molar-refractivity contribution in [3.05, 3.63) is 144 Å². The molecule has 1 fully saturated rings. The lowest BCUT2D eigenvalue weighted by Crippen LogP contribution is -2.69. The molecule has 43 heavy (non-hydrogen) atoms. The van der Waals surface area contributed by atoms with E-state index in [-0.39, 0.29) is 26.4 Å². The minimum absolute atomic E-state index is 0.0561. The second-order valence-electron chi connectivity index (χ2n) is 10.6. The average Bonchev–Trinajstić information content (AvgIpc) is 3.04. The van der Waals surface area contributed by atoms with Crippen LogP contribution in [-0.2, 0) is 54.9 Å². The molecule has 7 nitrogen and oxygen atoms in total. The maximum Gasteiger partial charge on any atom is 0.256 e. The number of aliphatic hydroxyl groups is 1. The van der Waals surface area contributed by atoms with Crippen molar-refractivity contribution in [3.63, 3.8) is 0 Å². The lowest BCUT2D eigenvalue weighted by molar-refractivity contribution is -0.353. The van der Waals surface area contributed by atoms with Crippen molar-refractivity contribution in [2.75, 3.05) is 6.61 Å². The van der Waals surface area contributed by atoms with Gasteiger partial charge in [0.05, 0.1) is 33.0 Å². The van der Waals surface area contributed by atoms with E-state index in [1.807, 2.05) is 121 Å². The Morgan fingerprint density at radius 2 is 1.02 bits per heavy atom. The summed E-state index contributed by atoms with van der Waals surface area (Å²) in [5.74, 6) is -2.88. The van der Waals surface area contributed by atoms with Gasteiger partial charge in [-0.2, -0.15) is 0 Å². The van der Waals surface area contributed by atoms with E-state index >= 15 is 0 Å². The first kappa shape index (κ1) is 30.8. The Morgan fingerprint density at radius 1 is 0.628 bits per heavy atom. The molecule has 0 radical (unpaired) electrons. The number of benzene rings is 4. The van der Waals surface area contributed by atoms with Gasteiger partial charge in [0.15, 0.2) is 5.78 Å². The van der Waals surface area contributed by atoms with Gasteiger partial charge in [-0.1, -0.05) is 121 Å². The van der Waals surface area contributed by atoms with Crippen LogP contribution in [0.5, 0.6) is 0 Å². The second kappa shape index (κ2) is 15.2. The maximum atomic E-state index is 13.1. The standard InChI is InChI=1S/C36H38O7/c1-27(37)36(38)35(42-25-31-20-12-5-13-21-31)34(41-24-30-18-10-4-11-19-30)33(40-23-29-16-8-3-9-17-29)32(43-36)26-39-22-28-14-6-2-7-15-28/h2-21,32-35,38H,22-26H2,1H3/t32-,33-,34+,35+,36?/m1/s1. The van der Waals surface area contributed by atoms with E-state index in [2.05, 4.69) is 0 Å². The second-order valence-corrected chi connectivity index (χ2v) is 10.6. The summed E-state index contributed by atoms with van der Waals surface area (Å²) in [5, 5.41) is 11.9. The van der Waals surface area contributed by atoms with Gasteiger partial charge >= 0.3 is 0 Å². The van der Waals surface area contributed by atoms with Crippen molar-refractivity contribution in [2.45, 2.75) is 63.6 Å². The summed E-state index contributed by atoms with van der Waals surface area (Å²) in [6, 6.07) is 38.8. The van der Waals surface area contributed by atoms with Crippen molar-refractivity contribution < 1.29 is 33.6 Å². The van der Waals surface area contributed by atoms with Crippen LogP contribution in [0.15, 0.2) is 121 Å². The lowest BCUT2D eigenvalue weighted by Gasteiger charge is -2.49. The molecule has 224 valence electrons. The number of ketones is 1. The molecule has 7 heteroatoms. The number of carbonyl (C=O) groups is 1. The Balaban J connectivity index is 1.45. The molecule has 4 aromatic carbocycles. The molecule has 0 aliphatic carbocycles. The van der Waals surface area contributed by atoms with Gasteiger partial charge < -0.3 is 28.8 Å². The Kier molecular flexibility index (Phi) is 10.8. The predicted octanol–water partition coefficient (Wildman–Crippen LogP) is 5.64. The van der Waals surface area contributed by atoms with Crippen molar-refractivity contribution in [3.8, 4) is 0 Å². The fourth-order valence-corrected chi connectivity index (χ4v) is 5.14. The van der Waals surface area contributed by atoms with E-state index in [0.29, 0.717) is 6.61 Å². The molecule has 1 N–H and O–H groups in total. The van der Waals surface area contributed by atoms with Crippen LogP contribution in [0, 0.1) is 0 Å². The topological polar surface area (TPSA) is 83.5 Å². The largest absolute Gasteiger partial charge is 0.374 e. The average molecular weight is 583 g/mol. The van der Waals surface area contributed by atoms with Crippen molar-refractivity contribution in [1.29, 1.82) is 0 Å². The minimum Gasteiger partial charge on any atom is -0.374 e. The van der Waals surface area contributed by atoms with Crippen molar-refractivity contribution >= 4 is 5.78 Å². The molecule has 0 saturated carbocycles. The zero-order valence-electron chi connectivity index (χ0n) is 24.3. The Labute approximate surface area is 252 Å². The molecule has 0 spiro atoms. The summed E-state index contributed by atoms with van der Waals surface area (Å²) in [4.78, 5) is 13.1. The van der Waals surface area contributed by atoms with Gasteiger partial charge in [-0.3, -0.25) is 4.79 Å². The number of hydrogen-bond donors (Lipinski definition) is 1. The molecule has 0 aromatic heterocycles. The van der Waals surface area contributed by atoms with Gasteiger partial charge in [0, 0.05) is 6.92 Å². The molecule has 1 saturated heterocycles. The summed E-state index contributed by atoms with van der Waals surface area (Å²) < 4.78 is 31.6. The van der Waals surface area contributed by atoms with Crippen LogP contribution in [0.3, 0.4) is 0 Å². The van der Waals surface area contributed by atoms with E-state index in [1.54, 1.807) is 0 Å². The quantitative estimate of drug-likeness (QED) is 0.206. The molecular weight excluding hydrogens is 544 g/mol. The van der Waals surface area contributed by atoms with Gasteiger partial charge in [-0.05, 0) is 22.3 Å². The Hall–Kier alpha value is -3.69. The van der Waals surface area contributed by atoms with Crippen LogP contribution in [0.2, 0.25) is 0 Å². The monoisotopic (exact) mass is 582 g/mol. The van der Waals surface area contributed by atoms with Crippen LogP contribution in [-0.4, -0.2) is 47.7 Å². The third-order valence-corrected chi connectivity index (χ3v) is 7.45. The highest BCUT2D eigenvalue weighted by Crippen LogP contribution is 2.36. The fourth-order valence-electron chi connectivity index (χ4n) is 5.14. The molecule has 5 rings (SSSR count). The highest BCUT2D eigenvalue weighted by atomic mass is 16.7. The van der Waals surface area contributed by atoms with E-state index in [0.717, 1.165) is 22.3 Å². The number of Topliss-reactive ketones (excluding diaryl/α,β-unsaturated/α-hetero) is 1. The number of ether oxygens (including phenoxy) is 5. The molecule has 1 heterocycles. The summed E-state index contributed by atoms with van der Waals surface area (Å²) >= 11 is 0. The van der Waals surface area contributed by atoms with Crippen LogP contribution in [0.25, 0.3) is 0 Å². The van der Waals surface area contributed by atoms with Crippen molar-refractivity contribution in [2.24, 2.45) is 0 Å². The van der Waals surface area contributed by atoms with Crippen molar-refractivity contribution in [1.82, 2.24) is 0 Å². The van der Waals surface area contributed by atoms with Gasteiger partial charge in [0.1, 0.15) is 24.4 Å². The van der Waals surface area contributed by atoms with E-state index in [9.17, 15) is 9.90 Å². The first-order chi connectivity index (χ1) is 21.0. The number of hydrogen-bond acceptors (Lipinski definition) is 7. The van der Waals surface area contributed by atoms with Gasteiger partial charge in [0.2, 0.25) is 0 Å². The van der Waals surface area contributed by atoms with E-state index in [4.69, 9.17) is 23.7 Å². The van der Waals surface area contributed by atoms with E-state index < -0.39 is 36.0 Å². The van der Waals surface area contributed by atoms with Gasteiger partial charge in [0.25, 0.3) is 5.79 Å². The number of rotatable bonds is 14. The van der Waals surface area contributed by atoms with Crippen LogP contribution in [0.1, 0.15) is 29.2 Å². The first-order valence-corrected chi connectivity index (χ1v) is 14.5. The number of carbonyl (C=O) groups excluding carboxylic acids is 1. The first-order valence-electron chi connectivity index (χ1n) is 14.5. The molecule has 0 bridgehead atoms. The molecular formula is C36H38O7. The fraction of sp³-hybridized carbons (Fsp3) is 0.306. The highest BCUT2D eigenvalue weighted by Gasteiger charge is 2.59. The third kappa shape index (κ3) is 8.24. The minimum atomic E-state index is -2.29. The third-order valence-electron chi connectivity index (χ3n) is 7.45. The summed E-state index contributed by atoms with van der Waals surface area (Å²) in [7, 11) is 0. The van der Waals surface area contributed by atoms with Crippen LogP contribution in [0.4, 0.5) is 0 Å². The van der Waals surface area contributed by atoms with Gasteiger partial charge in [-0.25, -0.2) is 0 Å². The summed E-state index contributed by atoms with van der Waals surface area (Å²) in [6.45, 7) is 2.29. The molecule has 1 aliphatic heterocycles. The van der Waals surface area contributed by atoms with Crippen LogP contribution >= 0.6 is 0 Å². The van der Waals surface area contributed by atoms with Crippen LogP contribution < -0.4 is 0 Å². The highest BCUT2D eigenvalue weighted by molar-refractivity contribution is 5.84. The predicted molar refractivity (Wildman–Crippen MR) is 162 cm³/mol. The normalized spacial score (nSPS) is 23.6. The smallest absolute Gasteiger partial charge is 0.256 e. The molecule has 5 atom stereocenters. The van der Waals surface area contributed by atoms with E-state index in [1.165, 1.54) is 6.92 Å². The Morgan fingerprint density at radius 3 is 1.47 bits per heavy atom. The molecule has 4 aromatic rings. The maximum absolute atomic E-state index is 13.1.